The molecule has 0 fully saturated rings. The Morgan fingerprint density at radius 3 is 2.09 bits per heavy atom. The van der Waals surface area contributed by atoms with E-state index >= 15 is 0 Å². The van der Waals surface area contributed by atoms with Crippen molar-refractivity contribution in [3.63, 3.8) is 0 Å². The standard InChI is InChI=1S/C27H29FN2O2S/c1-20(2)29-27(32)25(17-21-9-5-3-6-10-21)30(18-22-13-15-23(28)16-14-22)26(31)19-33-24-11-7-4-8-12-24/h3-16,20,25H,17-19H2,1-2H3,(H,29,32). The third-order valence-corrected chi connectivity index (χ3v) is 6.07. The van der Waals surface area contributed by atoms with E-state index < -0.39 is 6.04 Å². The highest BCUT2D eigenvalue weighted by Gasteiger charge is 2.30. The topological polar surface area (TPSA) is 49.4 Å². The highest BCUT2D eigenvalue weighted by Crippen LogP contribution is 2.21. The molecule has 3 rings (SSSR count). The maximum atomic E-state index is 13.5. The lowest BCUT2D eigenvalue weighted by atomic mass is 10.0. The molecule has 0 saturated heterocycles. The molecule has 0 spiro atoms. The van der Waals surface area contributed by atoms with Crippen LogP contribution < -0.4 is 5.32 Å². The summed E-state index contributed by atoms with van der Waals surface area (Å²) in [6, 6.07) is 24.7. The van der Waals surface area contributed by atoms with Crippen LogP contribution in [0.1, 0.15) is 25.0 Å². The van der Waals surface area contributed by atoms with Crippen LogP contribution in [0.15, 0.2) is 89.8 Å². The zero-order valence-electron chi connectivity index (χ0n) is 18.9. The molecule has 4 nitrogen and oxygen atoms in total. The Morgan fingerprint density at radius 2 is 1.48 bits per heavy atom. The summed E-state index contributed by atoms with van der Waals surface area (Å²) >= 11 is 1.44. The minimum absolute atomic E-state index is 0.0581. The molecule has 172 valence electrons. The average Bonchev–Trinajstić information content (AvgIpc) is 2.82. The maximum absolute atomic E-state index is 13.5. The first-order chi connectivity index (χ1) is 15.9. The van der Waals surface area contributed by atoms with Gasteiger partial charge in [-0.2, -0.15) is 0 Å². The average molecular weight is 465 g/mol. The van der Waals surface area contributed by atoms with E-state index in [4.69, 9.17) is 0 Å². The number of hydrogen-bond acceptors (Lipinski definition) is 3. The molecule has 1 atom stereocenters. The van der Waals surface area contributed by atoms with Gasteiger partial charge < -0.3 is 10.2 Å². The highest BCUT2D eigenvalue weighted by molar-refractivity contribution is 8.00. The molecule has 0 heterocycles. The third kappa shape index (κ3) is 7.75. The van der Waals surface area contributed by atoms with Gasteiger partial charge in [-0.3, -0.25) is 9.59 Å². The van der Waals surface area contributed by atoms with E-state index in [9.17, 15) is 14.0 Å². The molecule has 0 aliphatic heterocycles. The molecule has 1 unspecified atom stereocenters. The van der Waals surface area contributed by atoms with Crippen molar-refractivity contribution in [3.8, 4) is 0 Å². The fraction of sp³-hybridized carbons (Fsp3) is 0.259. The van der Waals surface area contributed by atoms with Crippen LogP contribution in [0.5, 0.6) is 0 Å². The van der Waals surface area contributed by atoms with E-state index in [1.54, 1.807) is 17.0 Å². The van der Waals surface area contributed by atoms with Crippen molar-refractivity contribution in [2.75, 3.05) is 5.75 Å². The molecule has 0 bridgehead atoms. The minimum Gasteiger partial charge on any atom is -0.352 e. The molecule has 0 aliphatic carbocycles. The van der Waals surface area contributed by atoms with Gasteiger partial charge in [-0.15, -0.1) is 11.8 Å². The van der Waals surface area contributed by atoms with Crippen molar-refractivity contribution in [2.24, 2.45) is 0 Å². The predicted octanol–water partition coefficient (Wildman–Crippen LogP) is 5.08. The highest BCUT2D eigenvalue weighted by atomic mass is 32.2. The van der Waals surface area contributed by atoms with Crippen LogP contribution in [0.2, 0.25) is 0 Å². The van der Waals surface area contributed by atoms with Crippen molar-refractivity contribution >= 4 is 23.6 Å². The van der Waals surface area contributed by atoms with E-state index in [-0.39, 0.29) is 36.0 Å². The molecule has 0 saturated carbocycles. The minimum atomic E-state index is -0.691. The Hall–Kier alpha value is -3.12. The largest absolute Gasteiger partial charge is 0.352 e. The molecule has 0 radical (unpaired) electrons. The monoisotopic (exact) mass is 464 g/mol. The van der Waals surface area contributed by atoms with Crippen molar-refractivity contribution in [3.05, 3.63) is 102 Å². The number of thioether (sulfide) groups is 1. The van der Waals surface area contributed by atoms with Gasteiger partial charge in [0.05, 0.1) is 5.75 Å². The second kappa shape index (κ2) is 12.2. The summed E-state index contributed by atoms with van der Waals surface area (Å²) in [6.07, 6.45) is 0.391. The van der Waals surface area contributed by atoms with Crippen molar-refractivity contribution in [2.45, 2.75) is 43.8 Å². The number of rotatable bonds is 10. The third-order valence-electron chi connectivity index (χ3n) is 5.07. The van der Waals surface area contributed by atoms with Crippen LogP contribution in [0, 0.1) is 5.82 Å². The van der Waals surface area contributed by atoms with Gasteiger partial charge in [0.2, 0.25) is 11.8 Å². The molecule has 6 heteroatoms. The molecule has 3 aromatic carbocycles. The summed E-state index contributed by atoms with van der Waals surface area (Å²) in [5.41, 5.74) is 1.74. The van der Waals surface area contributed by atoms with Gasteiger partial charge in [0.1, 0.15) is 11.9 Å². The smallest absolute Gasteiger partial charge is 0.243 e. The number of carbonyl (C=O) groups excluding carboxylic acids is 2. The van der Waals surface area contributed by atoms with Gasteiger partial charge in [-0.05, 0) is 49.2 Å². The molecule has 0 aliphatic rings. The second-order valence-corrected chi connectivity index (χ2v) is 9.17. The number of carbonyl (C=O) groups is 2. The Bertz CT molecular complexity index is 1030. The van der Waals surface area contributed by atoms with E-state index in [2.05, 4.69) is 5.32 Å². The van der Waals surface area contributed by atoms with Gasteiger partial charge in [-0.1, -0.05) is 60.7 Å². The molecule has 33 heavy (non-hydrogen) atoms. The Morgan fingerprint density at radius 1 is 0.879 bits per heavy atom. The molecule has 3 aromatic rings. The van der Waals surface area contributed by atoms with Crippen LogP contribution in [-0.2, 0) is 22.6 Å². The molecule has 1 N–H and O–H groups in total. The maximum Gasteiger partial charge on any atom is 0.243 e. The molecule has 2 amide bonds. The molecular formula is C27H29FN2O2S. The number of nitrogens with zero attached hydrogens (tertiary/aromatic N) is 1. The van der Waals surface area contributed by atoms with E-state index in [1.165, 1.54) is 23.9 Å². The SMILES string of the molecule is CC(C)NC(=O)C(Cc1ccccc1)N(Cc1ccc(F)cc1)C(=O)CSc1ccccc1. The van der Waals surface area contributed by atoms with Gasteiger partial charge in [-0.25, -0.2) is 4.39 Å². The summed E-state index contributed by atoms with van der Waals surface area (Å²) in [4.78, 5) is 29.3. The fourth-order valence-electron chi connectivity index (χ4n) is 3.47. The Kier molecular flexibility index (Phi) is 9.07. The summed E-state index contributed by atoms with van der Waals surface area (Å²) in [5, 5.41) is 2.97. The quantitative estimate of drug-likeness (QED) is 0.426. The number of benzene rings is 3. The van der Waals surface area contributed by atoms with E-state index in [1.807, 2.05) is 74.5 Å². The Labute approximate surface area is 199 Å². The molecular weight excluding hydrogens is 435 g/mol. The van der Waals surface area contributed by atoms with Gasteiger partial charge in [0.15, 0.2) is 0 Å². The Balaban J connectivity index is 1.89. The predicted molar refractivity (Wildman–Crippen MR) is 131 cm³/mol. The van der Waals surface area contributed by atoms with Crippen LogP contribution in [-0.4, -0.2) is 34.6 Å². The van der Waals surface area contributed by atoms with Crippen LogP contribution >= 0.6 is 11.8 Å². The second-order valence-electron chi connectivity index (χ2n) is 8.12. The van der Waals surface area contributed by atoms with Crippen LogP contribution in [0.3, 0.4) is 0 Å². The number of halogens is 1. The lowest BCUT2D eigenvalue weighted by Gasteiger charge is -2.32. The summed E-state index contributed by atoms with van der Waals surface area (Å²) in [5.74, 6) is -0.484. The van der Waals surface area contributed by atoms with Crippen molar-refractivity contribution in [1.82, 2.24) is 10.2 Å². The van der Waals surface area contributed by atoms with E-state index in [0.717, 1.165) is 16.0 Å². The first kappa shape index (κ1) is 24.5. The van der Waals surface area contributed by atoms with Crippen LogP contribution in [0.25, 0.3) is 0 Å². The van der Waals surface area contributed by atoms with Crippen molar-refractivity contribution < 1.29 is 14.0 Å². The van der Waals surface area contributed by atoms with Crippen LogP contribution in [0.4, 0.5) is 4.39 Å². The summed E-state index contributed by atoms with van der Waals surface area (Å²) < 4.78 is 13.5. The summed E-state index contributed by atoms with van der Waals surface area (Å²) in [6.45, 7) is 4.02. The molecule has 0 aromatic heterocycles. The fourth-order valence-corrected chi connectivity index (χ4v) is 4.27. The summed E-state index contributed by atoms with van der Waals surface area (Å²) in [7, 11) is 0. The zero-order chi connectivity index (χ0) is 23.6. The number of hydrogen-bond donors (Lipinski definition) is 1. The van der Waals surface area contributed by atoms with Gasteiger partial charge >= 0.3 is 0 Å². The number of amides is 2. The first-order valence-electron chi connectivity index (χ1n) is 11.0. The lowest BCUT2D eigenvalue weighted by molar-refractivity contribution is -0.139. The zero-order valence-corrected chi connectivity index (χ0v) is 19.7. The van der Waals surface area contributed by atoms with E-state index in [0.29, 0.717) is 6.42 Å². The number of nitrogens with one attached hydrogen (secondary N) is 1. The normalized spacial score (nSPS) is 11.8. The van der Waals surface area contributed by atoms with Crippen molar-refractivity contribution in [1.29, 1.82) is 0 Å². The lowest BCUT2D eigenvalue weighted by Crippen LogP contribution is -2.52. The first-order valence-corrected chi connectivity index (χ1v) is 12.0. The van der Waals surface area contributed by atoms with Gasteiger partial charge in [0.25, 0.3) is 0 Å². The van der Waals surface area contributed by atoms with Gasteiger partial charge in [0, 0.05) is 23.9 Å².